The summed E-state index contributed by atoms with van der Waals surface area (Å²) in [4.78, 5) is 0. The van der Waals surface area contributed by atoms with E-state index in [4.69, 9.17) is 9.05 Å². The first-order valence-corrected chi connectivity index (χ1v) is 14.0. The molecule has 0 unspecified atom stereocenters. The summed E-state index contributed by atoms with van der Waals surface area (Å²) >= 11 is 6.56. The molecule has 0 amide bonds. The Balaban J connectivity index is 2.21. The van der Waals surface area contributed by atoms with Gasteiger partial charge in [0.15, 0.2) is 0 Å². The van der Waals surface area contributed by atoms with Gasteiger partial charge in [-0.15, -0.1) is 0 Å². The maximum absolute atomic E-state index is 6.15. The molecule has 1 heterocycles. The molecular formula is C12H18O2P2Se2. The van der Waals surface area contributed by atoms with Crippen molar-refractivity contribution in [2.45, 2.75) is 25.9 Å². The van der Waals surface area contributed by atoms with Crippen LogP contribution in [0.4, 0.5) is 0 Å². The predicted molar refractivity (Wildman–Crippen MR) is 83.1 cm³/mol. The molecule has 1 aromatic carbocycles. The van der Waals surface area contributed by atoms with Gasteiger partial charge in [-0.05, 0) is 0 Å². The second-order valence-electron chi connectivity index (χ2n) is 5.41. The summed E-state index contributed by atoms with van der Waals surface area (Å²) in [6.07, 6.45) is 1.55. The molecule has 18 heavy (non-hydrogen) atoms. The Morgan fingerprint density at radius 1 is 1.00 bits per heavy atom. The fraction of sp³-hybridized carbons (Fsp3) is 0.500. The van der Waals surface area contributed by atoms with Crippen molar-refractivity contribution in [1.29, 1.82) is 0 Å². The van der Waals surface area contributed by atoms with E-state index in [1.165, 1.54) is 5.30 Å². The summed E-state index contributed by atoms with van der Waals surface area (Å²) in [5, 5.41) is 1.37. The SMILES string of the molecule is CC(C)(C)P1(=[Se])OCP(=[Se])(c2ccccc2)CO1. The third-order valence-corrected chi connectivity index (χ3v) is 15.7. The van der Waals surface area contributed by atoms with Crippen molar-refractivity contribution >= 4 is 47.0 Å². The van der Waals surface area contributed by atoms with Gasteiger partial charge in [0.25, 0.3) is 0 Å². The van der Waals surface area contributed by atoms with E-state index in [1.807, 2.05) is 6.07 Å². The van der Waals surface area contributed by atoms with Crippen LogP contribution in [0.5, 0.6) is 0 Å². The van der Waals surface area contributed by atoms with E-state index in [0.717, 1.165) is 12.7 Å². The molecule has 2 rings (SSSR count). The second kappa shape index (κ2) is 5.44. The van der Waals surface area contributed by atoms with Gasteiger partial charge in [-0.1, -0.05) is 0 Å². The van der Waals surface area contributed by atoms with E-state index >= 15 is 0 Å². The monoisotopic (exact) mass is 416 g/mol. The van der Waals surface area contributed by atoms with Gasteiger partial charge < -0.3 is 0 Å². The Morgan fingerprint density at radius 3 is 1.94 bits per heavy atom. The van der Waals surface area contributed by atoms with Crippen molar-refractivity contribution in [1.82, 2.24) is 0 Å². The van der Waals surface area contributed by atoms with E-state index in [9.17, 15) is 0 Å². The molecule has 1 fully saturated rings. The summed E-state index contributed by atoms with van der Waals surface area (Å²) in [6.45, 7) is 6.51. The number of benzene rings is 1. The molecule has 2 nitrogen and oxygen atoms in total. The Morgan fingerprint density at radius 2 is 1.50 bits per heavy atom. The molecule has 0 aromatic heterocycles. The Bertz CT molecular complexity index is 507. The van der Waals surface area contributed by atoms with E-state index in [1.54, 1.807) is 0 Å². The van der Waals surface area contributed by atoms with Crippen molar-refractivity contribution < 1.29 is 9.05 Å². The maximum atomic E-state index is 6.15. The fourth-order valence-electron chi connectivity index (χ4n) is 1.65. The molecule has 0 atom stereocenters. The molecular weight excluding hydrogens is 396 g/mol. The third kappa shape index (κ3) is 3.03. The first-order chi connectivity index (χ1) is 8.27. The van der Waals surface area contributed by atoms with E-state index in [2.05, 4.69) is 75.2 Å². The summed E-state index contributed by atoms with van der Waals surface area (Å²) in [5.41, 5.74) is -1.43. The molecule has 1 aliphatic heterocycles. The van der Waals surface area contributed by atoms with Gasteiger partial charge in [-0.25, -0.2) is 0 Å². The number of rotatable bonds is 1. The first-order valence-electron chi connectivity index (χ1n) is 5.80. The van der Waals surface area contributed by atoms with Crippen molar-refractivity contribution in [3.8, 4) is 0 Å². The van der Waals surface area contributed by atoms with Gasteiger partial charge in [0.1, 0.15) is 0 Å². The number of hydrogen-bond donors (Lipinski definition) is 0. The topological polar surface area (TPSA) is 18.5 Å². The van der Waals surface area contributed by atoms with Gasteiger partial charge in [-0.2, -0.15) is 0 Å². The molecule has 0 spiro atoms. The van der Waals surface area contributed by atoms with Crippen LogP contribution in [0, 0.1) is 0 Å². The summed E-state index contributed by atoms with van der Waals surface area (Å²) in [5.74, 6) is -1.86. The molecule has 1 aromatic rings. The quantitative estimate of drug-likeness (QED) is 0.520. The third-order valence-electron chi connectivity index (χ3n) is 2.92. The molecule has 6 heteroatoms. The Kier molecular flexibility index (Phi) is 4.66. The molecule has 0 N–H and O–H groups in total. The molecule has 0 bridgehead atoms. The Hall–Kier alpha value is 1.04. The zero-order chi connectivity index (χ0) is 13.4. The van der Waals surface area contributed by atoms with Gasteiger partial charge >= 0.3 is 125 Å². The van der Waals surface area contributed by atoms with Crippen LogP contribution in [0.2, 0.25) is 0 Å². The Labute approximate surface area is 124 Å². The zero-order valence-electron chi connectivity index (χ0n) is 10.8. The van der Waals surface area contributed by atoms with Crippen LogP contribution in [0.25, 0.3) is 0 Å². The summed E-state index contributed by atoms with van der Waals surface area (Å²) < 4.78 is 12.3. The normalized spacial score (nSPS) is 33.3. The van der Waals surface area contributed by atoms with Crippen molar-refractivity contribution in [2.24, 2.45) is 0 Å². The van der Waals surface area contributed by atoms with E-state index in [0.29, 0.717) is 0 Å². The second-order valence-corrected chi connectivity index (χ2v) is 18.5. The summed E-state index contributed by atoms with van der Waals surface area (Å²) in [6, 6.07) is 10.5. The van der Waals surface area contributed by atoms with Crippen molar-refractivity contribution in [3.05, 3.63) is 30.3 Å². The first kappa shape index (κ1) is 15.4. The van der Waals surface area contributed by atoms with E-state index < -0.39 is 11.5 Å². The van der Waals surface area contributed by atoms with E-state index in [-0.39, 0.29) is 5.16 Å². The molecule has 1 saturated heterocycles. The predicted octanol–water partition coefficient (Wildman–Crippen LogP) is 3.10. The molecule has 100 valence electrons. The van der Waals surface area contributed by atoms with Crippen molar-refractivity contribution in [3.63, 3.8) is 0 Å². The van der Waals surface area contributed by atoms with Crippen LogP contribution in [-0.2, 0) is 9.05 Å². The van der Waals surface area contributed by atoms with Crippen LogP contribution >= 0.6 is 11.5 Å². The van der Waals surface area contributed by atoms with Gasteiger partial charge in [-0.3, -0.25) is 0 Å². The standard InChI is InChI=1S/C12H18O2P2Se2/c1-12(2,3)16(18)13-9-15(17,10-14-16)11-7-5-4-6-8-11/h4-8H,9-10H2,1-3H3. The molecule has 0 radical (unpaired) electrons. The molecule has 0 saturated carbocycles. The van der Waals surface area contributed by atoms with Crippen LogP contribution in [0.1, 0.15) is 20.8 Å². The average Bonchev–Trinajstić information content (AvgIpc) is 2.33. The minimum atomic E-state index is -1.86. The molecule has 1 aliphatic rings. The van der Waals surface area contributed by atoms with Crippen LogP contribution in [-0.4, -0.2) is 48.0 Å². The van der Waals surface area contributed by atoms with Gasteiger partial charge in [0.05, 0.1) is 0 Å². The van der Waals surface area contributed by atoms with Crippen LogP contribution < -0.4 is 5.30 Å². The molecule has 0 aliphatic carbocycles. The van der Waals surface area contributed by atoms with Crippen LogP contribution in [0.3, 0.4) is 0 Å². The minimum absolute atomic E-state index is 0.0366. The zero-order valence-corrected chi connectivity index (χ0v) is 16.0. The fourth-order valence-corrected chi connectivity index (χ4v) is 10.6. The van der Waals surface area contributed by atoms with Gasteiger partial charge in [0.2, 0.25) is 0 Å². The van der Waals surface area contributed by atoms with Gasteiger partial charge in [0, 0.05) is 0 Å². The summed E-state index contributed by atoms with van der Waals surface area (Å²) in [7, 11) is 0. The van der Waals surface area contributed by atoms with Crippen molar-refractivity contribution in [2.75, 3.05) is 12.7 Å². The number of hydrogen-bond acceptors (Lipinski definition) is 2. The van der Waals surface area contributed by atoms with Crippen LogP contribution in [0.15, 0.2) is 30.3 Å². The average molecular weight is 414 g/mol.